The van der Waals surface area contributed by atoms with Crippen LogP contribution in [0.1, 0.15) is 29.2 Å². The van der Waals surface area contributed by atoms with Crippen molar-refractivity contribution in [2.75, 3.05) is 6.54 Å². The van der Waals surface area contributed by atoms with Crippen LogP contribution in [0.3, 0.4) is 0 Å². The number of hydrogen-bond acceptors (Lipinski definition) is 4. The quantitative estimate of drug-likeness (QED) is 0.940. The molecule has 1 aromatic heterocycles. The van der Waals surface area contributed by atoms with Gasteiger partial charge in [-0.25, -0.2) is 4.98 Å². The zero-order valence-corrected chi connectivity index (χ0v) is 12.4. The van der Waals surface area contributed by atoms with E-state index in [9.17, 15) is 9.59 Å². The van der Waals surface area contributed by atoms with Crippen LogP contribution in [-0.4, -0.2) is 39.5 Å². The number of hydrogen-bond donors (Lipinski definition) is 1. The number of carboxylic acids is 1. The summed E-state index contributed by atoms with van der Waals surface area (Å²) in [5.41, 5.74) is 1.36. The predicted molar refractivity (Wildman–Crippen MR) is 78.2 cm³/mol. The Labute approximate surface area is 120 Å². The van der Waals surface area contributed by atoms with E-state index in [2.05, 4.69) is 4.98 Å². The number of benzene rings is 1. The summed E-state index contributed by atoms with van der Waals surface area (Å²) in [5, 5.41) is 9.84. The van der Waals surface area contributed by atoms with Crippen molar-refractivity contribution in [3.05, 3.63) is 28.8 Å². The number of carboxylic acid groups (broad SMARTS) is 1. The van der Waals surface area contributed by atoms with E-state index in [0.29, 0.717) is 5.56 Å². The van der Waals surface area contributed by atoms with Gasteiger partial charge in [-0.1, -0.05) is 0 Å². The summed E-state index contributed by atoms with van der Waals surface area (Å²) in [4.78, 5) is 29.0. The van der Waals surface area contributed by atoms with E-state index in [0.717, 1.165) is 15.2 Å². The molecule has 20 heavy (non-hydrogen) atoms. The third-order valence-electron chi connectivity index (χ3n) is 2.93. The first-order chi connectivity index (χ1) is 9.38. The fraction of sp³-hybridized carbons (Fsp3) is 0.357. The van der Waals surface area contributed by atoms with E-state index in [-0.39, 0.29) is 18.5 Å². The minimum atomic E-state index is -1.01. The van der Waals surface area contributed by atoms with Crippen LogP contribution in [0.2, 0.25) is 0 Å². The first kappa shape index (κ1) is 14.5. The number of rotatable bonds is 4. The van der Waals surface area contributed by atoms with Gasteiger partial charge in [0.25, 0.3) is 5.91 Å². The fourth-order valence-electron chi connectivity index (χ4n) is 1.97. The molecule has 1 N–H and O–H groups in total. The van der Waals surface area contributed by atoms with Gasteiger partial charge in [0.05, 0.1) is 15.2 Å². The first-order valence-electron chi connectivity index (χ1n) is 6.28. The van der Waals surface area contributed by atoms with Gasteiger partial charge in [0.15, 0.2) is 0 Å². The SMILES string of the molecule is Cc1nc2ccc(C(=O)N(CC(=O)O)C(C)C)cc2s1. The highest BCUT2D eigenvalue weighted by molar-refractivity contribution is 7.18. The second-order valence-electron chi connectivity index (χ2n) is 4.84. The Morgan fingerprint density at radius 1 is 1.40 bits per heavy atom. The highest BCUT2D eigenvalue weighted by Crippen LogP contribution is 2.23. The minimum absolute atomic E-state index is 0.169. The zero-order valence-electron chi connectivity index (χ0n) is 11.6. The number of aliphatic carboxylic acids is 1. The van der Waals surface area contributed by atoms with Crippen molar-refractivity contribution in [3.8, 4) is 0 Å². The van der Waals surface area contributed by atoms with Crippen LogP contribution in [0, 0.1) is 6.92 Å². The number of amides is 1. The summed E-state index contributed by atoms with van der Waals surface area (Å²) >= 11 is 1.52. The van der Waals surface area contributed by atoms with E-state index < -0.39 is 5.97 Å². The van der Waals surface area contributed by atoms with Crippen LogP contribution >= 0.6 is 11.3 Å². The van der Waals surface area contributed by atoms with Gasteiger partial charge in [-0.05, 0) is 39.0 Å². The van der Waals surface area contributed by atoms with Gasteiger partial charge >= 0.3 is 5.97 Å². The molecule has 1 amide bonds. The standard InChI is InChI=1S/C14H16N2O3S/c1-8(2)16(7-13(17)18)14(19)10-4-5-11-12(6-10)20-9(3)15-11/h4-6,8H,7H2,1-3H3,(H,17,18). The Balaban J connectivity index is 2.35. The van der Waals surface area contributed by atoms with Crippen LogP contribution in [0.15, 0.2) is 18.2 Å². The summed E-state index contributed by atoms with van der Waals surface area (Å²) in [6, 6.07) is 5.10. The lowest BCUT2D eigenvalue weighted by molar-refractivity contribution is -0.138. The molecule has 0 unspecified atom stereocenters. The summed E-state index contributed by atoms with van der Waals surface area (Å²) in [5.74, 6) is -1.28. The van der Waals surface area contributed by atoms with Gasteiger partial charge in [0.2, 0.25) is 0 Å². The van der Waals surface area contributed by atoms with Crippen LogP contribution in [-0.2, 0) is 4.79 Å². The average Bonchev–Trinajstić information content (AvgIpc) is 2.73. The third-order valence-corrected chi connectivity index (χ3v) is 3.87. The predicted octanol–water partition coefficient (Wildman–Crippen LogP) is 2.54. The van der Waals surface area contributed by atoms with Crippen LogP contribution in [0.25, 0.3) is 10.2 Å². The Morgan fingerprint density at radius 3 is 2.70 bits per heavy atom. The third kappa shape index (κ3) is 2.96. The van der Waals surface area contributed by atoms with E-state index in [1.54, 1.807) is 32.0 Å². The summed E-state index contributed by atoms with van der Waals surface area (Å²) in [7, 11) is 0. The molecule has 0 aliphatic rings. The van der Waals surface area contributed by atoms with Crippen molar-refractivity contribution in [2.45, 2.75) is 26.8 Å². The number of carbonyl (C=O) groups excluding carboxylic acids is 1. The number of aromatic nitrogens is 1. The van der Waals surface area contributed by atoms with Gasteiger partial charge in [0, 0.05) is 11.6 Å². The second kappa shape index (κ2) is 5.58. The summed E-state index contributed by atoms with van der Waals surface area (Å²) in [6.07, 6.45) is 0. The van der Waals surface area contributed by atoms with Crippen LogP contribution < -0.4 is 0 Å². The fourth-order valence-corrected chi connectivity index (χ4v) is 2.84. The minimum Gasteiger partial charge on any atom is -0.480 e. The first-order valence-corrected chi connectivity index (χ1v) is 7.10. The molecule has 6 heteroatoms. The Kier molecular flexibility index (Phi) is 4.04. The monoisotopic (exact) mass is 292 g/mol. The molecular weight excluding hydrogens is 276 g/mol. The second-order valence-corrected chi connectivity index (χ2v) is 6.07. The maximum Gasteiger partial charge on any atom is 0.323 e. The lowest BCUT2D eigenvalue weighted by Crippen LogP contribution is -2.40. The Morgan fingerprint density at radius 2 is 2.10 bits per heavy atom. The van der Waals surface area contributed by atoms with Crippen LogP contribution in [0.5, 0.6) is 0 Å². The smallest absolute Gasteiger partial charge is 0.323 e. The molecule has 106 valence electrons. The van der Waals surface area contributed by atoms with Gasteiger partial charge in [-0.3, -0.25) is 9.59 Å². The molecule has 0 saturated carbocycles. The molecule has 0 aliphatic heterocycles. The maximum atomic E-state index is 12.4. The van der Waals surface area contributed by atoms with Crippen molar-refractivity contribution < 1.29 is 14.7 Å². The van der Waals surface area contributed by atoms with Crippen LogP contribution in [0.4, 0.5) is 0 Å². The van der Waals surface area contributed by atoms with Crippen molar-refractivity contribution in [2.24, 2.45) is 0 Å². The molecule has 1 heterocycles. The lowest BCUT2D eigenvalue weighted by Gasteiger charge is -2.24. The van der Waals surface area contributed by atoms with Gasteiger partial charge in [0.1, 0.15) is 6.54 Å². The average molecular weight is 292 g/mol. The van der Waals surface area contributed by atoms with E-state index in [1.807, 2.05) is 6.92 Å². The number of fused-ring (bicyclic) bond motifs is 1. The highest BCUT2D eigenvalue weighted by Gasteiger charge is 2.21. The molecule has 0 bridgehead atoms. The van der Waals surface area contributed by atoms with Gasteiger partial charge in [-0.15, -0.1) is 11.3 Å². The molecular formula is C14H16N2O3S. The molecule has 0 radical (unpaired) electrons. The number of carbonyl (C=O) groups is 2. The largest absolute Gasteiger partial charge is 0.480 e. The summed E-state index contributed by atoms with van der Waals surface area (Å²) in [6.45, 7) is 5.22. The number of nitrogens with zero attached hydrogens (tertiary/aromatic N) is 2. The molecule has 0 spiro atoms. The van der Waals surface area contributed by atoms with Crippen molar-refractivity contribution >= 4 is 33.4 Å². The molecule has 2 rings (SSSR count). The zero-order chi connectivity index (χ0) is 14.9. The molecule has 2 aromatic rings. The topological polar surface area (TPSA) is 70.5 Å². The molecule has 5 nitrogen and oxygen atoms in total. The Bertz CT molecular complexity index is 663. The normalized spacial score (nSPS) is 11.0. The van der Waals surface area contributed by atoms with Crippen molar-refractivity contribution in [1.82, 2.24) is 9.88 Å². The van der Waals surface area contributed by atoms with E-state index >= 15 is 0 Å². The Hall–Kier alpha value is -1.95. The number of thiazole rings is 1. The van der Waals surface area contributed by atoms with Gasteiger partial charge < -0.3 is 10.0 Å². The van der Waals surface area contributed by atoms with E-state index in [1.165, 1.54) is 16.2 Å². The maximum absolute atomic E-state index is 12.4. The summed E-state index contributed by atoms with van der Waals surface area (Å²) < 4.78 is 0.937. The molecule has 0 fully saturated rings. The molecule has 1 aromatic carbocycles. The molecule has 0 aliphatic carbocycles. The van der Waals surface area contributed by atoms with Crippen molar-refractivity contribution in [1.29, 1.82) is 0 Å². The van der Waals surface area contributed by atoms with E-state index in [4.69, 9.17) is 5.11 Å². The highest BCUT2D eigenvalue weighted by atomic mass is 32.1. The molecule has 0 saturated heterocycles. The molecule has 0 atom stereocenters. The van der Waals surface area contributed by atoms with Crippen molar-refractivity contribution in [3.63, 3.8) is 0 Å². The lowest BCUT2D eigenvalue weighted by atomic mass is 10.1. The van der Waals surface area contributed by atoms with Gasteiger partial charge in [-0.2, -0.15) is 0 Å². The number of aryl methyl sites for hydroxylation is 1.